The monoisotopic (exact) mass is 88.0 g/mol. The molecule has 0 spiro atoms. The Bertz CT molecular complexity index is 52.8. The van der Waals surface area contributed by atoms with E-state index >= 15 is 0 Å². The van der Waals surface area contributed by atoms with Crippen molar-refractivity contribution < 1.29 is 9.90 Å². The van der Waals surface area contributed by atoms with Gasteiger partial charge in [0, 0.05) is 6.54 Å². The molecule has 2 N–H and O–H groups in total. The third-order valence-corrected chi connectivity index (χ3v) is 0.268. The first kappa shape index (κ1) is 5.27. The van der Waals surface area contributed by atoms with E-state index in [1.165, 1.54) is 6.54 Å². The second-order valence-electron chi connectivity index (χ2n) is 0.738. The lowest BCUT2D eigenvalue weighted by Gasteiger charge is -1.86. The maximum absolute atomic E-state index is 9.46. The highest BCUT2D eigenvalue weighted by molar-refractivity contribution is 5.64. The molecule has 3 nitrogen and oxygen atoms in total. The van der Waals surface area contributed by atoms with Crippen LogP contribution in [0.2, 0.25) is 0 Å². The van der Waals surface area contributed by atoms with Crippen LogP contribution >= 0.6 is 0 Å². The number of hydrogen-bond acceptors (Lipinski definition) is 1. The van der Waals surface area contributed by atoms with E-state index in [4.69, 9.17) is 5.11 Å². The Morgan fingerprint density at radius 3 is 2.50 bits per heavy atom. The van der Waals surface area contributed by atoms with E-state index in [0.29, 0.717) is 0 Å². The summed E-state index contributed by atoms with van der Waals surface area (Å²) in [7, 11) is 0. The zero-order valence-corrected chi connectivity index (χ0v) is 3.43. The normalized spacial score (nSPS) is 7.50. The molecule has 0 heterocycles. The number of nitrogens with one attached hydrogen (secondary N) is 1. The highest BCUT2D eigenvalue weighted by Crippen LogP contribution is 1.60. The summed E-state index contributed by atoms with van der Waals surface area (Å²) in [5.74, 6) is 0. The Morgan fingerprint density at radius 2 is 2.50 bits per heavy atom. The minimum Gasteiger partial charge on any atom is -0.465 e. The van der Waals surface area contributed by atoms with Crippen LogP contribution in [0.3, 0.4) is 0 Å². The van der Waals surface area contributed by atoms with Crippen molar-refractivity contribution >= 4 is 6.09 Å². The largest absolute Gasteiger partial charge is 0.465 e. The van der Waals surface area contributed by atoms with E-state index in [0.717, 1.165) is 0 Å². The molecule has 6 heavy (non-hydrogen) atoms. The van der Waals surface area contributed by atoms with Crippen LogP contribution in [-0.2, 0) is 0 Å². The molecule has 0 bridgehead atoms. The topological polar surface area (TPSA) is 49.3 Å². The SMILES string of the molecule is C[CH]NC(=O)O. The van der Waals surface area contributed by atoms with Crippen molar-refractivity contribution in [3.8, 4) is 0 Å². The lowest BCUT2D eigenvalue weighted by Crippen LogP contribution is -2.15. The van der Waals surface area contributed by atoms with Gasteiger partial charge < -0.3 is 10.4 Å². The molecule has 3 heteroatoms. The average Bonchev–Trinajstić information content (AvgIpc) is 1.35. The molecule has 0 atom stereocenters. The van der Waals surface area contributed by atoms with E-state index in [2.05, 4.69) is 0 Å². The first-order valence-electron chi connectivity index (χ1n) is 1.54. The van der Waals surface area contributed by atoms with Crippen molar-refractivity contribution in [2.75, 3.05) is 0 Å². The van der Waals surface area contributed by atoms with E-state index in [-0.39, 0.29) is 0 Å². The number of amides is 1. The molecule has 0 aromatic carbocycles. The van der Waals surface area contributed by atoms with Crippen molar-refractivity contribution in [1.29, 1.82) is 0 Å². The fourth-order valence-corrected chi connectivity index (χ4v) is 0.123. The number of hydrogen-bond donors (Lipinski definition) is 2. The van der Waals surface area contributed by atoms with Crippen molar-refractivity contribution in [2.45, 2.75) is 6.92 Å². The number of carboxylic acid groups (broad SMARTS) is 1. The zero-order valence-electron chi connectivity index (χ0n) is 3.43. The second-order valence-corrected chi connectivity index (χ2v) is 0.738. The van der Waals surface area contributed by atoms with Gasteiger partial charge in [-0.2, -0.15) is 0 Å². The van der Waals surface area contributed by atoms with Gasteiger partial charge in [0.1, 0.15) is 0 Å². The van der Waals surface area contributed by atoms with Crippen LogP contribution in [-0.4, -0.2) is 11.2 Å². The summed E-state index contributed by atoms with van der Waals surface area (Å²) in [6.07, 6.45) is -1.02. The summed E-state index contributed by atoms with van der Waals surface area (Å²) < 4.78 is 0. The van der Waals surface area contributed by atoms with Crippen LogP contribution in [0.5, 0.6) is 0 Å². The molecule has 0 aliphatic rings. The smallest absolute Gasteiger partial charge is 0.404 e. The standard InChI is InChI=1S/C3H6NO2/c1-2-4-3(5)6/h2,4H,1H3,(H,5,6). The van der Waals surface area contributed by atoms with Gasteiger partial charge in [-0.15, -0.1) is 0 Å². The van der Waals surface area contributed by atoms with Gasteiger partial charge in [-0.05, 0) is 6.92 Å². The molecule has 0 unspecified atom stereocenters. The van der Waals surface area contributed by atoms with Gasteiger partial charge in [0.05, 0.1) is 0 Å². The van der Waals surface area contributed by atoms with Crippen molar-refractivity contribution in [3.05, 3.63) is 6.54 Å². The highest BCUT2D eigenvalue weighted by Gasteiger charge is 1.83. The summed E-state index contributed by atoms with van der Waals surface area (Å²) in [5, 5.41) is 9.77. The Kier molecular flexibility index (Phi) is 2.20. The van der Waals surface area contributed by atoms with Crippen molar-refractivity contribution in [1.82, 2.24) is 5.32 Å². The van der Waals surface area contributed by atoms with Gasteiger partial charge in [-0.1, -0.05) is 0 Å². The number of carbonyl (C=O) groups is 1. The first-order chi connectivity index (χ1) is 2.77. The van der Waals surface area contributed by atoms with Crippen molar-refractivity contribution in [2.24, 2.45) is 0 Å². The summed E-state index contributed by atoms with van der Waals surface area (Å²) in [4.78, 5) is 9.46. The molecule has 0 aliphatic heterocycles. The molecule has 0 fully saturated rings. The summed E-state index contributed by atoms with van der Waals surface area (Å²) >= 11 is 0. The van der Waals surface area contributed by atoms with E-state index in [1.807, 2.05) is 5.32 Å². The third-order valence-electron chi connectivity index (χ3n) is 0.268. The maximum atomic E-state index is 9.46. The lowest BCUT2D eigenvalue weighted by atomic mass is 10.8. The summed E-state index contributed by atoms with van der Waals surface area (Å²) in [6, 6.07) is 0. The van der Waals surface area contributed by atoms with Crippen LogP contribution in [0, 0.1) is 6.54 Å². The second kappa shape index (κ2) is 2.50. The molecule has 0 aromatic rings. The average molecular weight is 88.1 g/mol. The predicted octanol–water partition coefficient (Wildman–Crippen LogP) is 0.436. The maximum Gasteiger partial charge on any atom is 0.404 e. The van der Waals surface area contributed by atoms with E-state index in [9.17, 15) is 4.79 Å². The van der Waals surface area contributed by atoms with Gasteiger partial charge >= 0.3 is 6.09 Å². The number of rotatable bonds is 1. The Hall–Kier alpha value is -0.730. The zero-order chi connectivity index (χ0) is 4.99. The molecular weight excluding hydrogens is 82.0 g/mol. The predicted molar refractivity (Wildman–Crippen MR) is 21.1 cm³/mol. The molecular formula is C3H6NO2. The molecule has 0 rings (SSSR count). The highest BCUT2D eigenvalue weighted by atomic mass is 16.4. The van der Waals surface area contributed by atoms with Gasteiger partial charge in [-0.3, -0.25) is 0 Å². The lowest BCUT2D eigenvalue weighted by molar-refractivity contribution is 0.197. The molecule has 0 aromatic heterocycles. The minimum atomic E-state index is -1.02. The fourth-order valence-electron chi connectivity index (χ4n) is 0.123. The van der Waals surface area contributed by atoms with Crippen LogP contribution in [0.4, 0.5) is 4.79 Å². The van der Waals surface area contributed by atoms with Crippen LogP contribution in [0.1, 0.15) is 6.92 Å². The molecule has 0 aliphatic carbocycles. The van der Waals surface area contributed by atoms with Crippen LogP contribution < -0.4 is 5.32 Å². The van der Waals surface area contributed by atoms with Crippen LogP contribution in [0.15, 0.2) is 0 Å². The fraction of sp³-hybridized carbons (Fsp3) is 0.333. The Morgan fingerprint density at radius 1 is 2.00 bits per heavy atom. The van der Waals surface area contributed by atoms with E-state index in [1.54, 1.807) is 6.92 Å². The summed E-state index contributed by atoms with van der Waals surface area (Å²) in [6.45, 7) is 2.95. The first-order valence-corrected chi connectivity index (χ1v) is 1.54. The molecule has 0 saturated carbocycles. The van der Waals surface area contributed by atoms with E-state index < -0.39 is 6.09 Å². The van der Waals surface area contributed by atoms with Crippen molar-refractivity contribution in [3.63, 3.8) is 0 Å². The molecule has 1 radical (unpaired) electrons. The Labute approximate surface area is 36.0 Å². The summed E-state index contributed by atoms with van der Waals surface area (Å²) in [5.41, 5.74) is 0. The van der Waals surface area contributed by atoms with Crippen LogP contribution in [0.25, 0.3) is 0 Å². The Balaban J connectivity index is 2.83. The molecule has 0 saturated heterocycles. The van der Waals surface area contributed by atoms with Gasteiger partial charge in [0.2, 0.25) is 0 Å². The van der Waals surface area contributed by atoms with Gasteiger partial charge in [0.25, 0.3) is 0 Å². The van der Waals surface area contributed by atoms with Gasteiger partial charge in [-0.25, -0.2) is 4.79 Å². The molecule has 1 amide bonds. The third kappa shape index (κ3) is 3.27. The minimum absolute atomic E-state index is 1.02. The quantitative estimate of drug-likeness (QED) is 0.488. The van der Waals surface area contributed by atoms with Gasteiger partial charge in [0.15, 0.2) is 0 Å². The molecule has 35 valence electrons.